The Bertz CT molecular complexity index is 1130. The Morgan fingerprint density at radius 1 is 1.16 bits per heavy atom. The number of rotatable bonds is 2. The first-order chi connectivity index (χ1) is 11.9. The third kappa shape index (κ3) is 2.89. The topological polar surface area (TPSA) is 60.4 Å². The summed E-state index contributed by atoms with van der Waals surface area (Å²) < 4.78 is 7.23. The zero-order chi connectivity index (χ0) is 17.6. The maximum absolute atomic E-state index is 12.6. The van der Waals surface area contributed by atoms with E-state index >= 15 is 0 Å². The fourth-order valence-corrected chi connectivity index (χ4v) is 3.48. The van der Waals surface area contributed by atoms with Crippen molar-refractivity contribution in [3.63, 3.8) is 0 Å². The molecule has 25 heavy (non-hydrogen) atoms. The van der Waals surface area contributed by atoms with Gasteiger partial charge >= 0.3 is 0 Å². The molecule has 0 bridgehead atoms. The number of furan rings is 1. The van der Waals surface area contributed by atoms with Gasteiger partial charge in [0, 0.05) is 0 Å². The van der Waals surface area contributed by atoms with E-state index < -0.39 is 0 Å². The predicted octanol–water partition coefficient (Wildman–Crippen LogP) is 3.26. The average Bonchev–Trinajstić information content (AvgIpc) is 3.26. The van der Waals surface area contributed by atoms with Crippen LogP contribution in [0.15, 0.2) is 51.9 Å². The highest BCUT2D eigenvalue weighted by molar-refractivity contribution is 7.15. The number of benzene rings is 1. The average molecular weight is 351 g/mol. The summed E-state index contributed by atoms with van der Waals surface area (Å²) in [5.74, 6) is 0.980. The molecule has 126 valence electrons. The van der Waals surface area contributed by atoms with E-state index in [9.17, 15) is 4.79 Å². The molecule has 0 unspecified atom stereocenters. The van der Waals surface area contributed by atoms with Crippen molar-refractivity contribution in [3.8, 4) is 11.6 Å². The standard InChI is InChI=1S/C19H17N3O2S/c1-19(2,3)13-8-6-12(7-9-13)11-15-17(23)22-18(25-15)20-16(21-22)14-5-4-10-24-14/h4-11H,1-3H3/b15-11-. The number of hydrogen-bond donors (Lipinski definition) is 0. The van der Waals surface area contributed by atoms with Gasteiger partial charge in [-0.05, 0) is 34.8 Å². The van der Waals surface area contributed by atoms with Crippen molar-refractivity contribution in [2.75, 3.05) is 0 Å². The van der Waals surface area contributed by atoms with Gasteiger partial charge in [-0.25, -0.2) is 0 Å². The van der Waals surface area contributed by atoms with Gasteiger partial charge in [-0.2, -0.15) is 9.50 Å². The van der Waals surface area contributed by atoms with Crippen LogP contribution < -0.4 is 10.1 Å². The molecule has 1 aromatic carbocycles. The maximum atomic E-state index is 12.6. The summed E-state index contributed by atoms with van der Waals surface area (Å²) in [6.45, 7) is 6.54. The molecule has 4 rings (SSSR count). The molecule has 0 N–H and O–H groups in total. The Morgan fingerprint density at radius 3 is 2.52 bits per heavy atom. The SMILES string of the molecule is CC(C)(C)c1ccc(/C=c2\sc3nc(-c4ccco4)nn3c2=O)cc1. The Hall–Kier alpha value is -2.73. The van der Waals surface area contributed by atoms with Gasteiger partial charge < -0.3 is 4.42 Å². The largest absolute Gasteiger partial charge is 0.461 e. The van der Waals surface area contributed by atoms with Gasteiger partial charge in [0.25, 0.3) is 5.56 Å². The summed E-state index contributed by atoms with van der Waals surface area (Å²) in [5, 5.41) is 4.25. The molecular weight excluding hydrogens is 334 g/mol. The maximum Gasteiger partial charge on any atom is 0.291 e. The molecule has 0 saturated heterocycles. The van der Waals surface area contributed by atoms with Crippen molar-refractivity contribution in [1.82, 2.24) is 14.6 Å². The van der Waals surface area contributed by atoms with Crippen LogP contribution in [0.1, 0.15) is 31.9 Å². The first kappa shape index (κ1) is 15.8. The summed E-state index contributed by atoms with van der Waals surface area (Å²) in [7, 11) is 0. The van der Waals surface area contributed by atoms with Crippen molar-refractivity contribution < 1.29 is 4.42 Å². The van der Waals surface area contributed by atoms with Crippen LogP contribution in [0.5, 0.6) is 0 Å². The van der Waals surface area contributed by atoms with Crippen LogP contribution in [0.3, 0.4) is 0 Å². The highest BCUT2D eigenvalue weighted by atomic mass is 32.1. The number of nitrogens with zero attached hydrogens (tertiary/aromatic N) is 3. The minimum atomic E-state index is -0.162. The minimum Gasteiger partial charge on any atom is -0.461 e. The highest BCUT2D eigenvalue weighted by Gasteiger charge is 2.14. The predicted molar refractivity (Wildman–Crippen MR) is 98.8 cm³/mol. The first-order valence-electron chi connectivity index (χ1n) is 7.97. The van der Waals surface area contributed by atoms with Crippen LogP contribution in [-0.4, -0.2) is 14.6 Å². The number of hydrogen-bond acceptors (Lipinski definition) is 5. The van der Waals surface area contributed by atoms with Crippen LogP contribution in [0.25, 0.3) is 22.6 Å². The molecule has 0 fully saturated rings. The second kappa shape index (κ2) is 5.67. The Kier molecular flexibility index (Phi) is 3.58. The lowest BCUT2D eigenvalue weighted by molar-refractivity contribution is 0.577. The first-order valence-corrected chi connectivity index (χ1v) is 8.79. The monoisotopic (exact) mass is 351 g/mol. The van der Waals surface area contributed by atoms with E-state index in [1.165, 1.54) is 21.4 Å². The fraction of sp³-hybridized carbons (Fsp3) is 0.211. The molecule has 3 aromatic heterocycles. The van der Waals surface area contributed by atoms with Gasteiger partial charge in [-0.1, -0.05) is 56.4 Å². The third-order valence-electron chi connectivity index (χ3n) is 4.00. The molecule has 6 heteroatoms. The number of aromatic nitrogens is 3. The summed E-state index contributed by atoms with van der Waals surface area (Å²) in [6, 6.07) is 11.8. The molecule has 0 atom stereocenters. The summed E-state index contributed by atoms with van der Waals surface area (Å²) in [5.41, 5.74) is 2.20. The Morgan fingerprint density at radius 2 is 1.92 bits per heavy atom. The molecule has 0 radical (unpaired) electrons. The number of thiazole rings is 1. The second-order valence-electron chi connectivity index (χ2n) is 6.89. The lowest BCUT2D eigenvalue weighted by Crippen LogP contribution is -2.23. The highest BCUT2D eigenvalue weighted by Crippen LogP contribution is 2.22. The van der Waals surface area contributed by atoms with Gasteiger partial charge in [0.15, 0.2) is 5.76 Å². The van der Waals surface area contributed by atoms with Gasteiger partial charge in [0.1, 0.15) is 0 Å². The molecule has 0 aliphatic carbocycles. The zero-order valence-electron chi connectivity index (χ0n) is 14.2. The van der Waals surface area contributed by atoms with E-state index in [-0.39, 0.29) is 11.0 Å². The summed E-state index contributed by atoms with van der Waals surface area (Å²) in [6.07, 6.45) is 3.44. The molecule has 3 heterocycles. The van der Waals surface area contributed by atoms with Crippen molar-refractivity contribution in [2.45, 2.75) is 26.2 Å². The van der Waals surface area contributed by atoms with Crippen molar-refractivity contribution >= 4 is 22.4 Å². The summed E-state index contributed by atoms with van der Waals surface area (Å²) in [4.78, 5) is 17.5. The molecule has 5 nitrogen and oxygen atoms in total. The van der Waals surface area contributed by atoms with Crippen molar-refractivity contribution in [2.24, 2.45) is 0 Å². The van der Waals surface area contributed by atoms with Crippen molar-refractivity contribution in [1.29, 1.82) is 0 Å². The van der Waals surface area contributed by atoms with Crippen LogP contribution >= 0.6 is 11.3 Å². The van der Waals surface area contributed by atoms with Gasteiger partial charge in [0.05, 0.1) is 10.8 Å². The third-order valence-corrected chi connectivity index (χ3v) is 4.96. The van der Waals surface area contributed by atoms with Crippen LogP contribution in [0, 0.1) is 0 Å². The van der Waals surface area contributed by atoms with E-state index in [1.807, 2.05) is 18.2 Å². The van der Waals surface area contributed by atoms with E-state index in [1.54, 1.807) is 18.4 Å². The smallest absolute Gasteiger partial charge is 0.291 e. The minimum absolute atomic E-state index is 0.109. The van der Waals surface area contributed by atoms with Gasteiger partial charge in [0.2, 0.25) is 10.8 Å². The quantitative estimate of drug-likeness (QED) is 0.556. The fourth-order valence-electron chi connectivity index (χ4n) is 2.57. The molecule has 4 aromatic rings. The van der Waals surface area contributed by atoms with E-state index in [4.69, 9.17) is 4.42 Å². The molecule has 0 spiro atoms. The molecule has 0 aliphatic rings. The van der Waals surface area contributed by atoms with Crippen LogP contribution in [0.4, 0.5) is 0 Å². The molecule has 0 aliphatic heterocycles. The van der Waals surface area contributed by atoms with E-state index in [2.05, 4.69) is 43.0 Å². The zero-order valence-corrected chi connectivity index (χ0v) is 15.0. The Balaban J connectivity index is 1.74. The lowest BCUT2D eigenvalue weighted by atomic mass is 9.87. The van der Waals surface area contributed by atoms with E-state index in [0.29, 0.717) is 21.1 Å². The summed E-state index contributed by atoms with van der Waals surface area (Å²) >= 11 is 1.33. The molecule has 0 amide bonds. The van der Waals surface area contributed by atoms with Crippen LogP contribution in [0.2, 0.25) is 0 Å². The molecule has 0 saturated carbocycles. The Labute approximate surface area is 148 Å². The van der Waals surface area contributed by atoms with Crippen LogP contribution in [-0.2, 0) is 5.41 Å². The lowest BCUT2D eigenvalue weighted by Gasteiger charge is -2.18. The van der Waals surface area contributed by atoms with Crippen molar-refractivity contribution in [3.05, 3.63) is 68.7 Å². The van der Waals surface area contributed by atoms with Gasteiger partial charge in [-0.15, -0.1) is 5.10 Å². The number of fused-ring (bicyclic) bond motifs is 1. The normalized spacial score (nSPS) is 13.0. The van der Waals surface area contributed by atoms with E-state index in [0.717, 1.165) is 5.56 Å². The molecular formula is C19H17N3O2S. The second-order valence-corrected chi connectivity index (χ2v) is 7.90. The van der Waals surface area contributed by atoms with Gasteiger partial charge in [-0.3, -0.25) is 4.79 Å².